The molecule has 0 unspecified atom stereocenters. The maximum Gasteiger partial charge on any atom is 0.248 e. The molecule has 4 nitrogen and oxygen atoms in total. The minimum absolute atomic E-state index is 0.0342. The van der Waals surface area contributed by atoms with Gasteiger partial charge in [-0.05, 0) is 38.1 Å². The van der Waals surface area contributed by atoms with E-state index in [4.69, 9.17) is 9.47 Å². The van der Waals surface area contributed by atoms with E-state index < -0.39 is 0 Å². The van der Waals surface area contributed by atoms with Gasteiger partial charge < -0.3 is 14.4 Å². The van der Waals surface area contributed by atoms with Gasteiger partial charge in [-0.25, -0.2) is 0 Å². The van der Waals surface area contributed by atoms with Crippen LogP contribution in [0.4, 0.5) is 0 Å². The molecular formula is C14H20BrNO3. The summed E-state index contributed by atoms with van der Waals surface area (Å²) in [6, 6.07) is 7.60. The smallest absolute Gasteiger partial charge is 0.248 e. The third-order valence-corrected chi connectivity index (χ3v) is 3.00. The highest BCUT2D eigenvalue weighted by molar-refractivity contribution is 9.10. The van der Waals surface area contributed by atoms with Crippen molar-refractivity contribution in [3.63, 3.8) is 0 Å². The van der Waals surface area contributed by atoms with E-state index in [1.54, 1.807) is 11.9 Å². The molecule has 0 fully saturated rings. The first-order valence-corrected chi connectivity index (χ1v) is 7.02. The van der Waals surface area contributed by atoms with E-state index in [2.05, 4.69) is 15.9 Å². The zero-order chi connectivity index (χ0) is 14.3. The van der Waals surface area contributed by atoms with Crippen molar-refractivity contribution in [2.45, 2.75) is 20.0 Å². The number of carbonyl (C=O) groups excluding carboxylic acids is 1. The summed E-state index contributed by atoms with van der Waals surface area (Å²) in [5, 5.41) is 0. The van der Waals surface area contributed by atoms with E-state index in [0.717, 1.165) is 10.2 Å². The van der Waals surface area contributed by atoms with Crippen LogP contribution in [0.2, 0.25) is 0 Å². The van der Waals surface area contributed by atoms with Gasteiger partial charge in [-0.1, -0.05) is 15.9 Å². The molecule has 1 aromatic rings. The number of hydrogen-bond acceptors (Lipinski definition) is 3. The number of ether oxygens (including phenoxy) is 2. The molecule has 0 aliphatic carbocycles. The lowest BCUT2D eigenvalue weighted by Crippen LogP contribution is -2.34. The molecular weight excluding hydrogens is 310 g/mol. The highest BCUT2D eigenvalue weighted by atomic mass is 79.9. The molecule has 0 N–H and O–H groups in total. The maximum atomic E-state index is 11.7. The van der Waals surface area contributed by atoms with Crippen LogP contribution in [-0.2, 0) is 9.53 Å². The predicted octanol–water partition coefficient (Wildman–Crippen LogP) is 2.71. The van der Waals surface area contributed by atoms with E-state index in [0.29, 0.717) is 13.2 Å². The average Bonchev–Trinajstić information content (AvgIpc) is 2.38. The summed E-state index contributed by atoms with van der Waals surface area (Å²) in [7, 11) is 1.75. The van der Waals surface area contributed by atoms with Gasteiger partial charge in [0.25, 0.3) is 0 Å². The summed E-state index contributed by atoms with van der Waals surface area (Å²) in [5.41, 5.74) is 0. The van der Waals surface area contributed by atoms with Crippen molar-refractivity contribution in [1.29, 1.82) is 0 Å². The summed E-state index contributed by atoms with van der Waals surface area (Å²) in [6.07, 6.45) is 0.0661. The van der Waals surface area contributed by atoms with Gasteiger partial charge in [0.2, 0.25) is 5.91 Å². The van der Waals surface area contributed by atoms with Crippen molar-refractivity contribution >= 4 is 21.8 Å². The molecule has 0 aromatic heterocycles. The summed E-state index contributed by atoms with van der Waals surface area (Å²) < 4.78 is 11.8. The average molecular weight is 330 g/mol. The van der Waals surface area contributed by atoms with Gasteiger partial charge in [0, 0.05) is 11.5 Å². The maximum absolute atomic E-state index is 11.7. The molecule has 0 saturated carbocycles. The van der Waals surface area contributed by atoms with E-state index in [1.165, 1.54) is 0 Å². The van der Waals surface area contributed by atoms with Crippen LogP contribution in [0.25, 0.3) is 0 Å². The number of rotatable bonds is 7. The second-order valence-electron chi connectivity index (χ2n) is 4.48. The minimum Gasteiger partial charge on any atom is -0.492 e. The van der Waals surface area contributed by atoms with Crippen LogP contribution in [0.15, 0.2) is 28.7 Å². The van der Waals surface area contributed by atoms with E-state index in [1.807, 2.05) is 38.1 Å². The Kier molecular flexibility index (Phi) is 6.87. The van der Waals surface area contributed by atoms with Crippen molar-refractivity contribution in [1.82, 2.24) is 4.90 Å². The lowest BCUT2D eigenvalue weighted by molar-refractivity contribution is -0.136. The standard InChI is InChI=1S/C14H20BrNO3/c1-11(2)19-10-14(17)16(3)8-9-18-13-6-4-12(15)5-7-13/h4-7,11H,8-10H2,1-3H3. The fourth-order valence-electron chi connectivity index (χ4n) is 1.30. The zero-order valence-electron chi connectivity index (χ0n) is 11.6. The van der Waals surface area contributed by atoms with E-state index in [-0.39, 0.29) is 18.6 Å². The molecule has 5 heteroatoms. The van der Waals surface area contributed by atoms with Gasteiger partial charge in [0.05, 0.1) is 12.6 Å². The van der Waals surface area contributed by atoms with E-state index >= 15 is 0 Å². The molecule has 0 heterocycles. The fourth-order valence-corrected chi connectivity index (χ4v) is 1.57. The molecule has 106 valence electrons. The molecule has 1 aromatic carbocycles. The normalized spacial score (nSPS) is 10.6. The molecule has 0 atom stereocenters. The number of hydrogen-bond donors (Lipinski definition) is 0. The Hall–Kier alpha value is -1.07. The van der Waals surface area contributed by atoms with Gasteiger partial charge in [0.15, 0.2) is 0 Å². The molecule has 1 rings (SSSR count). The van der Waals surface area contributed by atoms with Crippen molar-refractivity contribution < 1.29 is 14.3 Å². The van der Waals surface area contributed by atoms with Gasteiger partial charge in [-0.3, -0.25) is 4.79 Å². The molecule has 0 saturated heterocycles. The highest BCUT2D eigenvalue weighted by Crippen LogP contribution is 2.15. The van der Waals surface area contributed by atoms with Gasteiger partial charge in [0.1, 0.15) is 19.0 Å². The molecule has 0 bridgehead atoms. The highest BCUT2D eigenvalue weighted by Gasteiger charge is 2.09. The Morgan fingerprint density at radius 2 is 1.95 bits per heavy atom. The molecule has 0 spiro atoms. The third kappa shape index (κ3) is 6.59. The van der Waals surface area contributed by atoms with Crippen LogP contribution in [0.3, 0.4) is 0 Å². The molecule has 1 amide bonds. The second kappa shape index (κ2) is 8.17. The Morgan fingerprint density at radius 3 is 2.53 bits per heavy atom. The van der Waals surface area contributed by atoms with Gasteiger partial charge in [-0.15, -0.1) is 0 Å². The minimum atomic E-state index is -0.0342. The number of carbonyl (C=O) groups is 1. The topological polar surface area (TPSA) is 38.8 Å². The molecule has 0 aliphatic heterocycles. The Bertz CT molecular complexity index is 392. The molecule has 19 heavy (non-hydrogen) atoms. The van der Waals surface area contributed by atoms with Crippen LogP contribution in [0.5, 0.6) is 5.75 Å². The van der Waals surface area contributed by atoms with Crippen molar-refractivity contribution in [2.75, 3.05) is 26.8 Å². The van der Waals surface area contributed by atoms with Crippen molar-refractivity contribution in [3.05, 3.63) is 28.7 Å². The first kappa shape index (κ1) is 16.0. The molecule has 0 aliphatic rings. The number of nitrogens with zero attached hydrogens (tertiary/aromatic N) is 1. The summed E-state index contributed by atoms with van der Waals surface area (Å²) >= 11 is 3.36. The molecule has 0 radical (unpaired) electrons. The number of likely N-dealkylation sites (N-methyl/N-ethyl adjacent to an activating group) is 1. The zero-order valence-corrected chi connectivity index (χ0v) is 13.1. The Morgan fingerprint density at radius 1 is 1.32 bits per heavy atom. The van der Waals surface area contributed by atoms with Crippen LogP contribution < -0.4 is 4.74 Å². The second-order valence-corrected chi connectivity index (χ2v) is 5.39. The number of amides is 1. The van der Waals surface area contributed by atoms with Crippen molar-refractivity contribution in [2.24, 2.45) is 0 Å². The first-order valence-electron chi connectivity index (χ1n) is 6.23. The summed E-state index contributed by atoms with van der Waals surface area (Å²) in [5.74, 6) is 0.760. The first-order chi connectivity index (χ1) is 8.99. The monoisotopic (exact) mass is 329 g/mol. The number of benzene rings is 1. The Labute approximate surface area is 122 Å². The van der Waals surface area contributed by atoms with E-state index in [9.17, 15) is 4.79 Å². The Balaban J connectivity index is 2.24. The van der Waals surface area contributed by atoms with Crippen LogP contribution in [-0.4, -0.2) is 43.7 Å². The summed E-state index contributed by atoms with van der Waals surface area (Å²) in [6.45, 7) is 4.93. The van der Waals surface area contributed by atoms with Crippen LogP contribution >= 0.6 is 15.9 Å². The quantitative estimate of drug-likeness (QED) is 0.772. The fraction of sp³-hybridized carbons (Fsp3) is 0.500. The third-order valence-electron chi connectivity index (χ3n) is 2.47. The van der Waals surface area contributed by atoms with Gasteiger partial charge >= 0.3 is 0 Å². The largest absolute Gasteiger partial charge is 0.492 e. The number of halogens is 1. The summed E-state index contributed by atoms with van der Waals surface area (Å²) in [4.78, 5) is 13.3. The van der Waals surface area contributed by atoms with Crippen LogP contribution in [0.1, 0.15) is 13.8 Å². The lowest BCUT2D eigenvalue weighted by atomic mass is 10.3. The lowest BCUT2D eigenvalue weighted by Gasteiger charge is -2.18. The van der Waals surface area contributed by atoms with Crippen LogP contribution in [0, 0.1) is 0 Å². The van der Waals surface area contributed by atoms with Crippen molar-refractivity contribution in [3.8, 4) is 5.75 Å². The SMILES string of the molecule is CC(C)OCC(=O)N(C)CCOc1ccc(Br)cc1. The van der Waals surface area contributed by atoms with Gasteiger partial charge in [-0.2, -0.15) is 0 Å². The predicted molar refractivity (Wildman–Crippen MR) is 78.4 cm³/mol.